The van der Waals surface area contributed by atoms with E-state index in [2.05, 4.69) is 17.5 Å². The van der Waals surface area contributed by atoms with Gasteiger partial charge in [0.1, 0.15) is 0 Å². The third-order valence-corrected chi connectivity index (χ3v) is 2.83. The Morgan fingerprint density at radius 3 is 3.07 bits per heavy atom. The second kappa shape index (κ2) is 6.62. The Balaban J connectivity index is 2.10. The topological polar surface area (TPSA) is 49.3 Å². The first-order valence-corrected chi connectivity index (χ1v) is 5.76. The highest BCUT2D eigenvalue weighted by molar-refractivity contribution is 5.76. The molecule has 3 nitrogen and oxygen atoms in total. The summed E-state index contributed by atoms with van der Waals surface area (Å²) in [6, 6.07) is 0. The number of aliphatic hydroxyl groups excluding tert-OH is 1. The normalized spacial score (nSPS) is 21.6. The zero-order chi connectivity index (χ0) is 11.1. The lowest BCUT2D eigenvalue weighted by Crippen LogP contribution is -2.29. The molecule has 1 rings (SSSR count). The summed E-state index contributed by atoms with van der Waals surface area (Å²) in [5, 5.41) is 11.6. The Hall–Kier alpha value is -0.830. The van der Waals surface area contributed by atoms with Crippen LogP contribution in [-0.4, -0.2) is 24.2 Å². The molecule has 0 heterocycles. The summed E-state index contributed by atoms with van der Waals surface area (Å²) in [5.74, 6) is 0.938. The van der Waals surface area contributed by atoms with E-state index in [4.69, 9.17) is 5.11 Å². The van der Waals surface area contributed by atoms with Gasteiger partial charge in [0.2, 0.25) is 5.91 Å². The number of aliphatic hydroxyl groups is 1. The van der Waals surface area contributed by atoms with Crippen LogP contribution in [0, 0.1) is 11.8 Å². The van der Waals surface area contributed by atoms with Gasteiger partial charge in [0.25, 0.3) is 0 Å². The van der Waals surface area contributed by atoms with Gasteiger partial charge in [0.05, 0.1) is 0 Å². The second-order valence-corrected chi connectivity index (χ2v) is 4.39. The molecule has 2 atom stereocenters. The number of amides is 1. The van der Waals surface area contributed by atoms with Crippen LogP contribution >= 0.6 is 0 Å². The van der Waals surface area contributed by atoms with E-state index < -0.39 is 0 Å². The van der Waals surface area contributed by atoms with Crippen molar-refractivity contribution >= 4 is 5.91 Å². The van der Waals surface area contributed by atoms with Crippen molar-refractivity contribution in [3.63, 3.8) is 0 Å². The maximum Gasteiger partial charge on any atom is 0.220 e. The fourth-order valence-electron chi connectivity index (χ4n) is 1.79. The summed E-state index contributed by atoms with van der Waals surface area (Å²) < 4.78 is 0. The molecule has 0 aromatic carbocycles. The largest absolute Gasteiger partial charge is 0.396 e. The number of nitrogens with one attached hydrogen (secondary N) is 1. The first-order valence-electron chi connectivity index (χ1n) is 5.76. The fourth-order valence-corrected chi connectivity index (χ4v) is 1.79. The van der Waals surface area contributed by atoms with Crippen LogP contribution in [0.15, 0.2) is 12.2 Å². The van der Waals surface area contributed by atoms with E-state index in [0.29, 0.717) is 24.8 Å². The van der Waals surface area contributed by atoms with Gasteiger partial charge in [-0.25, -0.2) is 0 Å². The standard InChI is InChI=1S/C12H21NO2/c1-10(6-7-14)9-13-12(15)8-11-4-2-3-5-11/h2,4,10-11,14H,3,5-9H2,1H3,(H,13,15). The molecule has 15 heavy (non-hydrogen) atoms. The van der Waals surface area contributed by atoms with Gasteiger partial charge < -0.3 is 10.4 Å². The SMILES string of the molecule is CC(CCO)CNC(=O)CC1C=CCC1. The third kappa shape index (κ3) is 4.98. The maximum absolute atomic E-state index is 11.5. The van der Waals surface area contributed by atoms with Crippen LogP contribution in [-0.2, 0) is 4.79 Å². The molecule has 1 aliphatic carbocycles. The highest BCUT2D eigenvalue weighted by atomic mass is 16.3. The lowest BCUT2D eigenvalue weighted by atomic mass is 10.0. The Labute approximate surface area is 91.6 Å². The van der Waals surface area contributed by atoms with Crippen LogP contribution in [0.2, 0.25) is 0 Å². The second-order valence-electron chi connectivity index (χ2n) is 4.39. The molecule has 2 N–H and O–H groups in total. The summed E-state index contributed by atoms with van der Waals surface area (Å²) in [6.07, 6.45) is 7.87. The summed E-state index contributed by atoms with van der Waals surface area (Å²) >= 11 is 0. The van der Waals surface area contributed by atoms with Crippen molar-refractivity contribution in [2.45, 2.75) is 32.6 Å². The monoisotopic (exact) mass is 211 g/mol. The van der Waals surface area contributed by atoms with E-state index in [1.54, 1.807) is 0 Å². The van der Waals surface area contributed by atoms with Gasteiger partial charge in [-0.1, -0.05) is 19.1 Å². The van der Waals surface area contributed by atoms with Crippen LogP contribution in [0.3, 0.4) is 0 Å². The van der Waals surface area contributed by atoms with Crippen LogP contribution in [0.25, 0.3) is 0 Å². The molecule has 0 fully saturated rings. The van der Waals surface area contributed by atoms with Crippen LogP contribution in [0.4, 0.5) is 0 Å². The predicted octanol–water partition coefficient (Wildman–Crippen LogP) is 1.48. The van der Waals surface area contributed by atoms with Crippen molar-refractivity contribution in [3.8, 4) is 0 Å². The van der Waals surface area contributed by atoms with Gasteiger partial charge >= 0.3 is 0 Å². The number of hydrogen-bond acceptors (Lipinski definition) is 2. The molecule has 2 unspecified atom stereocenters. The van der Waals surface area contributed by atoms with Gasteiger partial charge in [0.15, 0.2) is 0 Å². The summed E-state index contributed by atoms with van der Waals surface area (Å²) in [7, 11) is 0. The molecule has 0 aromatic heterocycles. The Kier molecular flexibility index (Phi) is 5.40. The molecule has 0 aliphatic heterocycles. The number of hydrogen-bond donors (Lipinski definition) is 2. The minimum Gasteiger partial charge on any atom is -0.396 e. The minimum absolute atomic E-state index is 0.135. The van der Waals surface area contributed by atoms with E-state index >= 15 is 0 Å². The van der Waals surface area contributed by atoms with E-state index in [9.17, 15) is 4.79 Å². The van der Waals surface area contributed by atoms with Gasteiger partial charge in [0, 0.05) is 19.6 Å². The van der Waals surface area contributed by atoms with Crippen molar-refractivity contribution in [2.24, 2.45) is 11.8 Å². The number of allylic oxidation sites excluding steroid dienone is 2. The Morgan fingerprint density at radius 1 is 1.67 bits per heavy atom. The van der Waals surface area contributed by atoms with Crippen LogP contribution in [0.5, 0.6) is 0 Å². The van der Waals surface area contributed by atoms with E-state index in [-0.39, 0.29) is 12.5 Å². The average Bonchev–Trinajstić information content (AvgIpc) is 2.68. The predicted molar refractivity (Wildman–Crippen MR) is 60.4 cm³/mol. The maximum atomic E-state index is 11.5. The molecule has 86 valence electrons. The zero-order valence-corrected chi connectivity index (χ0v) is 9.41. The van der Waals surface area contributed by atoms with Gasteiger partial charge in [-0.2, -0.15) is 0 Å². The molecule has 3 heteroatoms. The highest BCUT2D eigenvalue weighted by Gasteiger charge is 2.14. The minimum atomic E-state index is 0.135. The number of carbonyl (C=O) groups excluding carboxylic acids is 1. The zero-order valence-electron chi connectivity index (χ0n) is 9.41. The quantitative estimate of drug-likeness (QED) is 0.654. The molecule has 0 saturated carbocycles. The van der Waals surface area contributed by atoms with Crippen molar-refractivity contribution < 1.29 is 9.90 Å². The van der Waals surface area contributed by atoms with Gasteiger partial charge in [-0.15, -0.1) is 0 Å². The average molecular weight is 211 g/mol. The van der Waals surface area contributed by atoms with Crippen molar-refractivity contribution in [1.29, 1.82) is 0 Å². The fraction of sp³-hybridized carbons (Fsp3) is 0.750. The van der Waals surface area contributed by atoms with Crippen molar-refractivity contribution in [3.05, 3.63) is 12.2 Å². The first kappa shape index (κ1) is 12.2. The smallest absolute Gasteiger partial charge is 0.220 e. The molecular weight excluding hydrogens is 190 g/mol. The van der Waals surface area contributed by atoms with Gasteiger partial charge in [-0.3, -0.25) is 4.79 Å². The Bertz CT molecular complexity index is 226. The van der Waals surface area contributed by atoms with E-state index in [0.717, 1.165) is 19.3 Å². The molecule has 0 aromatic rings. The van der Waals surface area contributed by atoms with Crippen LogP contribution in [0.1, 0.15) is 32.6 Å². The van der Waals surface area contributed by atoms with Gasteiger partial charge in [-0.05, 0) is 31.1 Å². The van der Waals surface area contributed by atoms with Crippen LogP contribution < -0.4 is 5.32 Å². The highest BCUT2D eigenvalue weighted by Crippen LogP contribution is 2.19. The molecule has 0 radical (unpaired) electrons. The molecule has 1 amide bonds. The third-order valence-electron chi connectivity index (χ3n) is 2.83. The molecule has 0 spiro atoms. The Morgan fingerprint density at radius 2 is 2.47 bits per heavy atom. The number of carbonyl (C=O) groups is 1. The molecule has 0 saturated heterocycles. The summed E-state index contributed by atoms with van der Waals surface area (Å²) in [4.78, 5) is 11.5. The van der Waals surface area contributed by atoms with Crippen molar-refractivity contribution in [1.82, 2.24) is 5.32 Å². The first-order chi connectivity index (χ1) is 7.22. The number of rotatable bonds is 6. The summed E-state index contributed by atoms with van der Waals surface area (Å²) in [5.41, 5.74) is 0. The molecular formula is C12H21NO2. The molecule has 1 aliphatic rings. The van der Waals surface area contributed by atoms with Crippen molar-refractivity contribution in [2.75, 3.05) is 13.2 Å². The molecule has 0 bridgehead atoms. The van der Waals surface area contributed by atoms with E-state index in [1.807, 2.05) is 6.92 Å². The van der Waals surface area contributed by atoms with E-state index in [1.165, 1.54) is 0 Å². The lowest BCUT2D eigenvalue weighted by Gasteiger charge is -2.12. The summed E-state index contributed by atoms with van der Waals surface area (Å²) in [6.45, 7) is 2.91. The lowest BCUT2D eigenvalue weighted by molar-refractivity contribution is -0.121.